The van der Waals surface area contributed by atoms with Crippen LogP contribution in [0.15, 0.2) is 42.5 Å². The van der Waals surface area contributed by atoms with Gasteiger partial charge in [0, 0.05) is 25.3 Å². The van der Waals surface area contributed by atoms with E-state index in [0.717, 1.165) is 10.6 Å². The molecule has 0 spiro atoms. The summed E-state index contributed by atoms with van der Waals surface area (Å²) in [5, 5.41) is 5.79. The molecule has 0 aliphatic carbocycles. The number of sulfonamides is 1. The molecule has 1 aliphatic rings. The van der Waals surface area contributed by atoms with Crippen LogP contribution in [0.25, 0.3) is 0 Å². The molecule has 1 aliphatic heterocycles. The Balaban J connectivity index is 1.78. The predicted molar refractivity (Wildman–Crippen MR) is 122 cm³/mol. The Morgan fingerprint density at radius 2 is 2.00 bits per heavy atom. The van der Waals surface area contributed by atoms with Gasteiger partial charge in [0.05, 0.1) is 29.7 Å². The SMILES string of the molecule is COCCCNC(=O)c1ccccc1NC(=O)[C@H]1CN(S(C)(=O)=O)c2cc(Cl)ccc2O1. The average Bonchev–Trinajstić information content (AvgIpc) is 2.75. The zero-order valence-electron chi connectivity index (χ0n) is 17.6. The summed E-state index contributed by atoms with van der Waals surface area (Å²) in [7, 11) is -2.11. The van der Waals surface area contributed by atoms with Crippen molar-refractivity contribution in [3.63, 3.8) is 0 Å². The minimum atomic E-state index is -3.69. The number of fused-ring (bicyclic) bond motifs is 1. The van der Waals surface area contributed by atoms with Gasteiger partial charge in [-0.15, -0.1) is 0 Å². The third kappa shape index (κ3) is 5.70. The molecule has 0 saturated carbocycles. The van der Waals surface area contributed by atoms with Gasteiger partial charge < -0.3 is 20.1 Å². The predicted octanol–water partition coefficient (Wildman–Crippen LogP) is 2.27. The lowest BCUT2D eigenvalue weighted by atomic mass is 10.1. The minimum absolute atomic E-state index is 0.218. The van der Waals surface area contributed by atoms with E-state index in [0.29, 0.717) is 24.6 Å². The highest BCUT2D eigenvalue weighted by Crippen LogP contribution is 2.37. The second-order valence-corrected chi connectivity index (χ2v) is 9.49. The highest BCUT2D eigenvalue weighted by Gasteiger charge is 2.35. The molecule has 172 valence electrons. The van der Waals surface area contributed by atoms with Crippen molar-refractivity contribution in [2.24, 2.45) is 0 Å². The van der Waals surface area contributed by atoms with E-state index in [-0.39, 0.29) is 35.1 Å². The van der Waals surface area contributed by atoms with Crippen molar-refractivity contribution < 1.29 is 27.5 Å². The molecule has 2 aromatic carbocycles. The summed E-state index contributed by atoms with van der Waals surface area (Å²) in [5.74, 6) is -0.714. The molecular weight excluding hydrogens is 458 g/mol. The summed E-state index contributed by atoms with van der Waals surface area (Å²) in [6.07, 6.45) is 0.565. The molecule has 9 nitrogen and oxygen atoms in total. The van der Waals surface area contributed by atoms with E-state index in [1.807, 2.05) is 0 Å². The van der Waals surface area contributed by atoms with Gasteiger partial charge >= 0.3 is 0 Å². The molecule has 0 unspecified atom stereocenters. The van der Waals surface area contributed by atoms with Crippen LogP contribution in [-0.2, 0) is 19.6 Å². The molecule has 0 bridgehead atoms. The largest absolute Gasteiger partial charge is 0.476 e. The number of methoxy groups -OCH3 is 1. The normalized spacial score (nSPS) is 15.5. The molecule has 0 radical (unpaired) electrons. The maximum absolute atomic E-state index is 13.0. The minimum Gasteiger partial charge on any atom is -0.476 e. The first-order valence-electron chi connectivity index (χ1n) is 9.81. The molecule has 0 saturated heterocycles. The van der Waals surface area contributed by atoms with Gasteiger partial charge in [-0.1, -0.05) is 23.7 Å². The topological polar surface area (TPSA) is 114 Å². The first-order chi connectivity index (χ1) is 15.2. The van der Waals surface area contributed by atoms with Gasteiger partial charge in [-0.25, -0.2) is 8.42 Å². The Bertz CT molecular complexity index is 1110. The molecule has 2 N–H and O–H groups in total. The fourth-order valence-electron chi connectivity index (χ4n) is 3.19. The number of nitrogens with zero attached hydrogens (tertiary/aromatic N) is 1. The summed E-state index contributed by atoms with van der Waals surface area (Å²) in [5.41, 5.74) is 0.833. The summed E-state index contributed by atoms with van der Waals surface area (Å²) >= 11 is 6.00. The standard InChI is InChI=1S/C21H24ClN3O6S/c1-30-11-5-10-23-20(26)15-6-3-4-7-16(15)24-21(27)19-13-25(32(2,28)29)17-12-14(22)8-9-18(17)31-19/h3-4,6-9,12,19H,5,10-11,13H2,1-2H3,(H,23,26)(H,24,27)/t19-/m1/s1. The Labute approximate surface area is 191 Å². The molecule has 2 amide bonds. The van der Waals surface area contributed by atoms with Gasteiger partial charge in [0.15, 0.2) is 6.10 Å². The van der Waals surface area contributed by atoms with Gasteiger partial charge in [0.25, 0.3) is 11.8 Å². The molecule has 2 aromatic rings. The third-order valence-electron chi connectivity index (χ3n) is 4.72. The van der Waals surface area contributed by atoms with Crippen LogP contribution in [0.5, 0.6) is 5.75 Å². The quantitative estimate of drug-likeness (QED) is 0.559. The molecule has 0 fully saturated rings. The number of para-hydroxylation sites is 1. The summed E-state index contributed by atoms with van der Waals surface area (Å²) < 4.78 is 36.4. The second-order valence-electron chi connectivity index (χ2n) is 7.15. The van der Waals surface area contributed by atoms with Crippen molar-refractivity contribution in [3.05, 3.63) is 53.1 Å². The van der Waals surface area contributed by atoms with E-state index < -0.39 is 22.0 Å². The van der Waals surface area contributed by atoms with Crippen molar-refractivity contribution in [3.8, 4) is 5.75 Å². The molecule has 11 heteroatoms. The number of hydrogen-bond donors (Lipinski definition) is 2. The number of rotatable bonds is 8. The fourth-order valence-corrected chi connectivity index (χ4v) is 4.26. The van der Waals surface area contributed by atoms with Crippen LogP contribution in [0.3, 0.4) is 0 Å². The molecule has 0 aromatic heterocycles. The van der Waals surface area contributed by atoms with Crippen molar-refractivity contribution in [2.75, 3.05) is 42.7 Å². The van der Waals surface area contributed by atoms with Crippen LogP contribution < -0.4 is 19.7 Å². The first kappa shape index (κ1) is 23.8. The van der Waals surface area contributed by atoms with Crippen molar-refractivity contribution in [1.82, 2.24) is 5.32 Å². The maximum Gasteiger partial charge on any atom is 0.267 e. The van der Waals surface area contributed by atoms with E-state index in [1.165, 1.54) is 12.1 Å². The number of hydrogen-bond acceptors (Lipinski definition) is 6. The number of carbonyl (C=O) groups is 2. The third-order valence-corrected chi connectivity index (χ3v) is 6.11. The van der Waals surface area contributed by atoms with Crippen LogP contribution in [0, 0.1) is 0 Å². The van der Waals surface area contributed by atoms with Gasteiger partial charge in [0.1, 0.15) is 5.75 Å². The average molecular weight is 482 g/mol. The zero-order valence-corrected chi connectivity index (χ0v) is 19.2. The highest BCUT2D eigenvalue weighted by molar-refractivity contribution is 7.92. The maximum atomic E-state index is 13.0. The van der Waals surface area contributed by atoms with Crippen molar-refractivity contribution >= 4 is 44.8 Å². The Morgan fingerprint density at radius 3 is 2.72 bits per heavy atom. The lowest BCUT2D eigenvalue weighted by Crippen LogP contribution is -2.48. The second kappa shape index (κ2) is 10.2. The van der Waals surface area contributed by atoms with E-state index in [2.05, 4.69) is 10.6 Å². The van der Waals surface area contributed by atoms with Crippen molar-refractivity contribution in [2.45, 2.75) is 12.5 Å². The molecule has 1 heterocycles. The van der Waals surface area contributed by atoms with Crippen molar-refractivity contribution in [1.29, 1.82) is 0 Å². The van der Waals surface area contributed by atoms with E-state index in [4.69, 9.17) is 21.1 Å². The number of carbonyl (C=O) groups excluding carboxylic acids is 2. The number of anilines is 2. The Hall–Kier alpha value is -2.82. The van der Waals surface area contributed by atoms with Crippen LogP contribution in [-0.4, -0.2) is 59.4 Å². The van der Waals surface area contributed by atoms with E-state index >= 15 is 0 Å². The monoisotopic (exact) mass is 481 g/mol. The van der Waals surface area contributed by atoms with Gasteiger partial charge in [-0.2, -0.15) is 0 Å². The molecule has 3 rings (SSSR count). The van der Waals surface area contributed by atoms with Gasteiger partial charge in [-0.05, 0) is 36.8 Å². The highest BCUT2D eigenvalue weighted by atomic mass is 35.5. The first-order valence-corrected chi connectivity index (χ1v) is 12.0. The lowest BCUT2D eigenvalue weighted by molar-refractivity contribution is -0.122. The molecule has 1 atom stereocenters. The zero-order chi connectivity index (χ0) is 23.3. The van der Waals surface area contributed by atoms with Gasteiger partial charge in [0.2, 0.25) is 10.0 Å². The number of benzene rings is 2. The van der Waals surface area contributed by atoms with Crippen LogP contribution in [0.4, 0.5) is 11.4 Å². The summed E-state index contributed by atoms with van der Waals surface area (Å²) in [6.45, 7) is 0.702. The summed E-state index contributed by atoms with van der Waals surface area (Å²) in [4.78, 5) is 25.5. The number of ether oxygens (including phenoxy) is 2. The van der Waals surface area contributed by atoms with Gasteiger partial charge in [-0.3, -0.25) is 13.9 Å². The number of amides is 2. The Kier molecular flexibility index (Phi) is 7.60. The Morgan fingerprint density at radius 1 is 1.25 bits per heavy atom. The van der Waals surface area contributed by atoms with Crippen LogP contribution >= 0.6 is 11.6 Å². The van der Waals surface area contributed by atoms with Crippen LogP contribution in [0.2, 0.25) is 5.02 Å². The molecule has 32 heavy (non-hydrogen) atoms. The lowest BCUT2D eigenvalue weighted by Gasteiger charge is -2.34. The number of halogens is 1. The van der Waals surface area contributed by atoms with E-state index in [9.17, 15) is 18.0 Å². The fraction of sp³-hybridized carbons (Fsp3) is 0.333. The molecular formula is C21H24ClN3O6S. The number of nitrogens with one attached hydrogen (secondary N) is 2. The van der Waals surface area contributed by atoms with Crippen LogP contribution in [0.1, 0.15) is 16.8 Å². The smallest absolute Gasteiger partial charge is 0.267 e. The van der Waals surface area contributed by atoms with E-state index in [1.54, 1.807) is 37.4 Å². The summed E-state index contributed by atoms with van der Waals surface area (Å²) in [6, 6.07) is 11.1.